The zero-order valence-corrected chi connectivity index (χ0v) is 13.2. The minimum absolute atomic E-state index is 0.389. The van der Waals surface area contributed by atoms with Crippen molar-refractivity contribution in [2.45, 2.75) is 6.92 Å². The average Bonchev–Trinajstić information content (AvgIpc) is 3.10. The summed E-state index contributed by atoms with van der Waals surface area (Å²) >= 11 is 0. The molecular formula is C18H14N4O2. The van der Waals surface area contributed by atoms with Gasteiger partial charge < -0.3 is 9.14 Å². The van der Waals surface area contributed by atoms with E-state index in [-0.39, 0.29) is 5.97 Å². The highest BCUT2D eigenvalue weighted by Crippen LogP contribution is 2.25. The Kier molecular flexibility index (Phi) is 3.23. The molecular weight excluding hydrogens is 304 g/mol. The lowest BCUT2D eigenvalue weighted by Crippen LogP contribution is -2.03. The number of ether oxygens (including phenoxy) is 1. The number of esters is 1. The van der Waals surface area contributed by atoms with Crippen LogP contribution in [0.2, 0.25) is 0 Å². The summed E-state index contributed by atoms with van der Waals surface area (Å²) in [5.41, 5.74) is 4.62. The molecule has 0 fully saturated rings. The van der Waals surface area contributed by atoms with Crippen LogP contribution in [0.4, 0.5) is 0 Å². The highest BCUT2D eigenvalue weighted by Gasteiger charge is 2.14. The number of hydrogen-bond donors (Lipinski definition) is 0. The molecule has 0 aliphatic heterocycles. The van der Waals surface area contributed by atoms with Gasteiger partial charge in [-0.05, 0) is 42.8 Å². The molecule has 0 N–H and O–H groups in total. The minimum atomic E-state index is -0.389. The van der Waals surface area contributed by atoms with Gasteiger partial charge in [0.15, 0.2) is 5.82 Å². The van der Waals surface area contributed by atoms with Gasteiger partial charge in [-0.2, -0.15) is 0 Å². The molecule has 3 heterocycles. The molecule has 4 aromatic rings. The van der Waals surface area contributed by atoms with Crippen LogP contribution in [0.25, 0.3) is 28.1 Å². The molecule has 0 saturated carbocycles. The van der Waals surface area contributed by atoms with Crippen molar-refractivity contribution in [1.82, 2.24) is 19.4 Å². The number of hydrogen-bond acceptors (Lipinski definition) is 5. The predicted molar refractivity (Wildman–Crippen MR) is 89.8 cm³/mol. The van der Waals surface area contributed by atoms with Crippen molar-refractivity contribution in [2.24, 2.45) is 0 Å². The third kappa shape index (κ3) is 2.20. The van der Waals surface area contributed by atoms with Gasteiger partial charge in [-0.25, -0.2) is 19.7 Å². The summed E-state index contributed by atoms with van der Waals surface area (Å²) in [6.07, 6.45) is 5.48. The predicted octanol–water partition coefficient (Wildman–Crippen LogP) is 3.04. The van der Waals surface area contributed by atoms with Gasteiger partial charge in [0.1, 0.15) is 5.69 Å². The van der Waals surface area contributed by atoms with Gasteiger partial charge in [0.2, 0.25) is 0 Å². The van der Waals surface area contributed by atoms with Crippen molar-refractivity contribution in [1.29, 1.82) is 0 Å². The summed E-state index contributed by atoms with van der Waals surface area (Å²) in [5.74, 6) is 0.161. The lowest BCUT2D eigenvalue weighted by atomic mass is 10.2. The van der Waals surface area contributed by atoms with Crippen LogP contribution in [0.3, 0.4) is 0 Å². The highest BCUT2D eigenvalue weighted by atomic mass is 16.5. The van der Waals surface area contributed by atoms with Crippen LogP contribution in [0.5, 0.6) is 0 Å². The minimum Gasteiger partial charge on any atom is -0.465 e. The van der Waals surface area contributed by atoms with Crippen LogP contribution in [0.15, 0.2) is 48.9 Å². The lowest BCUT2D eigenvalue weighted by molar-refractivity contribution is 0.0601. The molecule has 4 rings (SSSR count). The summed E-state index contributed by atoms with van der Waals surface area (Å²) < 4.78 is 6.80. The second-order valence-corrected chi connectivity index (χ2v) is 5.50. The van der Waals surface area contributed by atoms with E-state index in [1.165, 1.54) is 7.11 Å². The fraction of sp³-hybridized carbons (Fsp3) is 0.111. The monoisotopic (exact) mass is 318 g/mol. The van der Waals surface area contributed by atoms with E-state index in [4.69, 9.17) is 9.72 Å². The zero-order chi connectivity index (χ0) is 16.7. The zero-order valence-electron chi connectivity index (χ0n) is 13.2. The molecule has 0 saturated heterocycles. The van der Waals surface area contributed by atoms with Gasteiger partial charge in [-0.1, -0.05) is 0 Å². The Morgan fingerprint density at radius 3 is 2.67 bits per heavy atom. The number of benzene rings is 1. The summed E-state index contributed by atoms with van der Waals surface area (Å²) in [6, 6.07) is 9.23. The molecule has 3 aromatic heterocycles. The van der Waals surface area contributed by atoms with E-state index in [0.717, 1.165) is 16.6 Å². The maximum atomic E-state index is 11.8. The molecule has 1 aromatic carbocycles. The SMILES string of the molecule is COC(=O)c1ccc2c(c1)nc(-c1ncc(C)cn1)c1cccn12. The van der Waals surface area contributed by atoms with E-state index in [0.29, 0.717) is 22.6 Å². The van der Waals surface area contributed by atoms with Gasteiger partial charge >= 0.3 is 5.97 Å². The van der Waals surface area contributed by atoms with Crippen molar-refractivity contribution >= 4 is 22.5 Å². The lowest BCUT2D eigenvalue weighted by Gasteiger charge is -2.09. The standard InChI is InChI=1S/C18H14N4O2/c1-11-9-19-17(20-10-11)16-15-4-3-7-22(15)14-6-5-12(18(23)24-2)8-13(14)21-16/h3-10H,1-2H3. The summed E-state index contributed by atoms with van der Waals surface area (Å²) in [6.45, 7) is 1.94. The normalized spacial score (nSPS) is 11.1. The van der Waals surface area contributed by atoms with E-state index >= 15 is 0 Å². The number of aryl methyl sites for hydroxylation is 1. The van der Waals surface area contributed by atoms with Crippen molar-refractivity contribution < 1.29 is 9.53 Å². The topological polar surface area (TPSA) is 69.4 Å². The molecule has 0 spiro atoms. The largest absolute Gasteiger partial charge is 0.465 e. The molecule has 0 aliphatic carbocycles. The highest BCUT2D eigenvalue weighted by molar-refractivity contribution is 5.95. The molecule has 0 radical (unpaired) electrons. The number of fused-ring (bicyclic) bond motifs is 3. The molecule has 0 atom stereocenters. The first kappa shape index (κ1) is 14.3. The third-order valence-corrected chi connectivity index (χ3v) is 3.87. The molecule has 6 nitrogen and oxygen atoms in total. The van der Waals surface area contributed by atoms with Crippen molar-refractivity contribution in [3.63, 3.8) is 0 Å². The first-order valence-electron chi connectivity index (χ1n) is 7.45. The van der Waals surface area contributed by atoms with E-state index in [2.05, 4.69) is 9.97 Å². The van der Waals surface area contributed by atoms with Crippen LogP contribution in [0.1, 0.15) is 15.9 Å². The van der Waals surface area contributed by atoms with Crippen LogP contribution >= 0.6 is 0 Å². The molecule has 0 bridgehead atoms. The van der Waals surface area contributed by atoms with Crippen molar-refractivity contribution in [3.8, 4) is 11.5 Å². The maximum Gasteiger partial charge on any atom is 0.337 e. The Hall–Kier alpha value is -3.28. The number of methoxy groups -OCH3 is 1. The van der Waals surface area contributed by atoms with Crippen LogP contribution in [-0.4, -0.2) is 32.4 Å². The maximum absolute atomic E-state index is 11.8. The molecule has 118 valence electrons. The van der Waals surface area contributed by atoms with Gasteiger partial charge in [0.25, 0.3) is 0 Å². The summed E-state index contributed by atoms with van der Waals surface area (Å²) in [5, 5.41) is 0. The van der Waals surface area contributed by atoms with Crippen LogP contribution < -0.4 is 0 Å². The molecule has 6 heteroatoms. The van der Waals surface area contributed by atoms with Gasteiger partial charge in [0, 0.05) is 18.6 Å². The number of nitrogens with zero attached hydrogens (tertiary/aromatic N) is 4. The Morgan fingerprint density at radius 2 is 1.92 bits per heavy atom. The number of carbonyl (C=O) groups excluding carboxylic acids is 1. The Bertz CT molecular complexity index is 1070. The number of rotatable bonds is 2. The Labute approximate surface area is 137 Å². The molecule has 0 aliphatic rings. The molecule has 24 heavy (non-hydrogen) atoms. The van der Waals surface area contributed by atoms with E-state index in [1.807, 2.05) is 35.7 Å². The van der Waals surface area contributed by atoms with E-state index < -0.39 is 0 Å². The van der Waals surface area contributed by atoms with Crippen LogP contribution in [0, 0.1) is 6.92 Å². The Balaban J connectivity index is 2.02. The second kappa shape index (κ2) is 5.42. The van der Waals surface area contributed by atoms with Gasteiger partial charge in [-0.15, -0.1) is 0 Å². The van der Waals surface area contributed by atoms with Gasteiger partial charge in [-0.3, -0.25) is 0 Å². The summed E-state index contributed by atoms with van der Waals surface area (Å²) in [4.78, 5) is 25.2. The number of aromatic nitrogens is 4. The van der Waals surface area contributed by atoms with E-state index in [1.54, 1.807) is 24.5 Å². The Morgan fingerprint density at radius 1 is 1.12 bits per heavy atom. The fourth-order valence-electron chi connectivity index (χ4n) is 2.70. The van der Waals surface area contributed by atoms with Gasteiger partial charge in [0.05, 0.1) is 29.2 Å². The summed E-state index contributed by atoms with van der Waals surface area (Å²) in [7, 11) is 1.36. The molecule has 0 unspecified atom stereocenters. The molecule has 0 amide bonds. The van der Waals surface area contributed by atoms with Crippen molar-refractivity contribution in [2.75, 3.05) is 7.11 Å². The first-order valence-corrected chi connectivity index (χ1v) is 7.45. The van der Waals surface area contributed by atoms with E-state index in [9.17, 15) is 4.79 Å². The third-order valence-electron chi connectivity index (χ3n) is 3.87. The van der Waals surface area contributed by atoms with Crippen molar-refractivity contribution in [3.05, 3.63) is 60.0 Å². The first-order chi connectivity index (χ1) is 11.7. The smallest absolute Gasteiger partial charge is 0.337 e. The average molecular weight is 318 g/mol. The van der Waals surface area contributed by atoms with Crippen LogP contribution in [-0.2, 0) is 4.74 Å². The number of carbonyl (C=O) groups is 1. The second-order valence-electron chi connectivity index (χ2n) is 5.50. The quantitative estimate of drug-likeness (QED) is 0.531. The fourth-order valence-corrected chi connectivity index (χ4v) is 2.70.